The second-order valence-electron chi connectivity index (χ2n) is 4.73. The van der Waals surface area contributed by atoms with E-state index >= 15 is 0 Å². The van der Waals surface area contributed by atoms with E-state index in [-0.39, 0.29) is 17.0 Å². The number of furan rings is 1. The van der Waals surface area contributed by atoms with Crippen molar-refractivity contribution in [1.29, 1.82) is 0 Å². The largest absolute Gasteiger partial charge is 0.477 e. The maximum Gasteiger partial charge on any atom is 0.346 e. The normalized spacial score (nSPS) is 11.1. The zero-order valence-electron chi connectivity index (χ0n) is 11.4. The molecule has 0 aliphatic carbocycles. The van der Waals surface area contributed by atoms with Gasteiger partial charge in [0.25, 0.3) is 5.56 Å². The van der Waals surface area contributed by atoms with Gasteiger partial charge in [0, 0.05) is 0 Å². The van der Waals surface area contributed by atoms with Crippen LogP contribution >= 0.6 is 11.3 Å². The maximum atomic E-state index is 12.5. The summed E-state index contributed by atoms with van der Waals surface area (Å²) >= 11 is 1.02. The van der Waals surface area contributed by atoms with Crippen LogP contribution < -0.4 is 5.56 Å². The summed E-state index contributed by atoms with van der Waals surface area (Å²) in [5, 5.41) is 9.49. The van der Waals surface area contributed by atoms with Crippen LogP contribution in [-0.2, 0) is 6.54 Å². The van der Waals surface area contributed by atoms with E-state index in [2.05, 4.69) is 4.98 Å². The second kappa shape index (κ2) is 4.85. The molecule has 0 spiro atoms. The van der Waals surface area contributed by atoms with Gasteiger partial charge in [0.1, 0.15) is 21.2 Å². The zero-order chi connectivity index (χ0) is 15.1. The van der Waals surface area contributed by atoms with Gasteiger partial charge in [0.05, 0.1) is 18.3 Å². The van der Waals surface area contributed by atoms with Gasteiger partial charge in [-0.3, -0.25) is 9.36 Å². The van der Waals surface area contributed by atoms with Crippen LogP contribution in [0.5, 0.6) is 0 Å². The minimum atomic E-state index is -1.04. The Hall–Kier alpha value is -2.41. The lowest BCUT2D eigenvalue weighted by atomic mass is 10.2. The van der Waals surface area contributed by atoms with Gasteiger partial charge in [0.2, 0.25) is 0 Å². The lowest BCUT2D eigenvalue weighted by Crippen LogP contribution is -2.20. The highest BCUT2D eigenvalue weighted by atomic mass is 32.1. The number of fused-ring (bicyclic) bond motifs is 1. The minimum Gasteiger partial charge on any atom is -0.477 e. The number of hydrogen-bond acceptors (Lipinski definition) is 5. The highest BCUT2D eigenvalue weighted by Crippen LogP contribution is 2.26. The Morgan fingerprint density at radius 3 is 2.81 bits per heavy atom. The zero-order valence-corrected chi connectivity index (χ0v) is 12.2. The molecule has 0 radical (unpaired) electrons. The molecule has 3 heterocycles. The molecule has 0 amide bonds. The van der Waals surface area contributed by atoms with Crippen molar-refractivity contribution in [2.24, 2.45) is 0 Å². The number of aromatic nitrogens is 2. The molecule has 0 bridgehead atoms. The molecule has 0 saturated heterocycles. The first kappa shape index (κ1) is 13.6. The summed E-state index contributed by atoms with van der Waals surface area (Å²) < 4.78 is 6.87. The van der Waals surface area contributed by atoms with Gasteiger partial charge in [-0.1, -0.05) is 0 Å². The molecule has 0 aliphatic rings. The predicted molar refractivity (Wildman–Crippen MR) is 78.1 cm³/mol. The van der Waals surface area contributed by atoms with Crippen molar-refractivity contribution in [3.05, 3.63) is 50.8 Å². The van der Waals surface area contributed by atoms with E-state index in [4.69, 9.17) is 9.52 Å². The van der Waals surface area contributed by atoms with Crippen LogP contribution in [0.15, 0.2) is 27.7 Å². The topological polar surface area (TPSA) is 85.3 Å². The highest BCUT2D eigenvalue weighted by Gasteiger charge is 2.18. The number of nitrogens with zero attached hydrogens (tertiary/aromatic N) is 2. The van der Waals surface area contributed by atoms with Crippen molar-refractivity contribution >= 4 is 27.5 Å². The summed E-state index contributed by atoms with van der Waals surface area (Å²) in [6, 6.07) is 3.62. The number of aryl methyl sites for hydroxylation is 2. The van der Waals surface area contributed by atoms with E-state index in [1.807, 2.05) is 13.0 Å². The molecule has 21 heavy (non-hydrogen) atoms. The Morgan fingerprint density at radius 2 is 2.19 bits per heavy atom. The van der Waals surface area contributed by atoms with E-state index in [0.717, 1.165) is 17.1 Å². The number of aromatic carboxylic acids is 1. The van der Waals surface area contributed by atoms with E-state index in [9.17, 15) is 9.59 Å². The van der Waals surface area contributed by atoms with Gasteiger partial charge in [-0.05, 0) is 31.5 Å². The summed E-state index contributed by atoms with van der Waals surface area (Å²) in [7, 11) is 0. The summed E-state index contributed by atoms with van der Waals surface area (Å²) in [4.78, 5) is 28.4. The van der Waals surface area contributed by atoms with Crippen LogP contribution in [-0.4, -0.2) is 20.6 Å². The van der Waals surface area contributed by atoms with Crippen molar-refractivity contribution in [3.63, 3.8) is 0 Å². The monoisotopic (exact) mass is 304 g/mol. The van der Waals surface area contributed by atoms with Crippen LogP contribution in [0.2, 0.25) is 0 Å². The van der Waals surface area contributed by atoms with Gasteiger partial charge >= 0.3 is 5.97 Å². The third-order valence-corrected chi connectivity index (χ3v) is 4.42. The van der Waals surface area contributed by atoms with Crippen LogP contribution in [0.1, 0.15) is 26.8 Å². The molecule has 3 rings (SSSR count). The molecule has 6 nitrogen and oxygen atoms in total. The van der Waals surface area contributed by atoms with Crippen LogP contribution in [0, 0.1) is 13.8 Å². The Kier molecular flexibility index (Phi) is 3.13. The second-order valence-corrected chi connectivity index (χ2v) is 5.73. The van der Waals surface area contributed by atoms with Crippen molar-refractivity contribution in [2.75, 3.05) is 0 Å². The summed E-state index contributed by atoms with van der Waals surface area (Å²) in [6.45, 7) is 3.73. The van der Waals surface area contributed by atoms with Crippen molar-refractivity contribution in [2.45, 2.75) is 20.4 Å². The molecular weight excluding hydrogens is 292 g/mol. The maximum absolute atomic E-state index is 12.5. The molecule has 0 fully saturated rings. The average Bonchev–Trinajstić information content (AvgIpc) is 2.97. The first-order valence-electron chi connectivity index (χ1n) is 6.24. The highest BCUT2D eigenvalue weighted by molar-refractivity contribution is 7.20. The number of carboxylic acid groups (broad SMARTS) is 1. The third kappa shape index (κ3) is 2.25. The lowest BCUT2D eigenvalue weighted by Gasteiger charge is -2.03. The molecule has 108 valence electrons. The van der Waals surface area contributed by atoms with E-state index in [0.29, 0.717) is 21.5 Å². The molecule has 1 N–H and O–H groups in total. The van der Waals surface area contributed by atoms with Crippen molar-refractivity contribution in [1.82, 2.24) is 9.55 Å². The average molecular weight is 304 g/mol. The first-order chi connectivity index (χ1) is 9.97. The fourth-order valence-corrected chi connectivity index (χ4v) is 3.19. The van der Waals surface area contributed by atoms with Gasteiger partial charge in [-0.25, -0.2) is 9.78 Å². The number of rotatable bonds is 3. The lowest BCUT2D eigenvalue weighted by molar-refractivity contribution is 0.0701. The van der Waals surface area contributed by atoms with Gasteiger partial charge in [-0.2, -0.15) is 0 Å². The molecule has 3 aromatic heterocycles. The Balaban J connectivity index is 2.13. The number of carbonyl (C=O) groups is 1. The number of thiophene rings is 1. The fraction of sp³-hybridized carbons (Fsp3) is 0.214. The van der Waals surface area contributed by atoms with E-state index in [1.54, 1.807) is 13.0 Å². The number of carboxylic acids is 1. The van der Waals surface area contributed by atoms with Crippen molar-refractivity contribution in [3.8, 4) is 0 Å². The molecule has 0 atom stereocenters. The molecular formula is C14H12N2O4S. The van der Waals surface area contributed by atoms with Crippen LogP contribution in [0.3, 0.4) is 0 Å². The van der Waals surface area contributed by atoms with Gasteiger partial charge in [0.15, 0.2) is 0 Å². The Morgan fingerprint density at radius 1 is 1.43 bits per heavy atom. The molecule has 3 aromatic rings. The fourth-order valence-electron chi connectivity index (χ4n) is 2.21. The molecule has 0 saturated carbocycles. The van der Waals surface area contributed by atoms with Crippen LogP contribution in [0.25, 0.3) is 10.2 Å². The van der Waals surface area contributed by atoms with Gasteiger partial charge in [-0.15, -0.1) is 11.3 Å². The summed E-state index contributed by atoms with van der Waals surface area (Å²) in [6.07, 6.45) is 1.42. The smallest absolute Gasteiger partial charge is 0.346 e. The summed E-state index contributed by atoms with van der Waals surface area (Å²) in [5.74, 6) is 0.386. The molecule has 0 aliphatic heterocycles. The predicted octanol–water partition coefficient (Wildman–Crippen LogP) is 2.41. The molecule has 0 aromatic carbocycles. The Labute approximate surface area is 123 Å². The SMILES string of the molecule is Cc1ccc(Cn2cnc3sc(C(=O)O)c(C)c3c2=O)o1. The minimum absolute atomic E-state index is 0.154. The third-order valence-electron chi connectivity index (χ3n) is 3.23. The van der Waals surface area contributed by atoms with Crippen molar-refractivity contribution < 1.29 is 14.3 Å². The number of hydrogen-bond donors (Lipinski definition) is 1. The molecule has 0 unspecified atom stereocenters. The van der Waals surface area contributed by atoms with E-state index in [1.165, 1.54) is 10.9 Å². The molecule has 7 heteroatoms. The quantitative estimate of drug-likeness (QED) is 0.803. The van der Waals surface area contributed by atoms with Crippen LogP contribution in [0.4, 0.5) is 0 Å². The summed E-state index contributed by atoms with van der Waals surface area (Å²) in [5.41, 5.74) is 0.209. The standard InChI is InChI=1S/C14H12N2O4S/c1-7-3-4-9(20-7)5-16-6-15-12-10(13(16)17)8(2)11(21-12)14(18)19/h3-4,6H,5H2,1-2H3,(H,18,19). The van der Waals surface area contributed by atoms with Gasteiger partial charge < -0.3 is 9.52 Å². The Bertz CT molecular complexity index is 903. The first-order valence-corrected chi connectivity index (χ1v) is 7.06. The van der Waals surface area contributed by atoms with E-state index < -0.39 is 5.97 Å².